The summed E-state index contributed by atoms with van der Waals surface area (Å²) in [5.41, 5.74) is 3.15. The smallest absolute Gasteiger partial charge is 0.251 e. The van der Waals surface area contributed by atoms with Crippen LogP contribution in [0.2, 0.25) is 0 Å². The molecule has 1 amide bonds. The number of ether oxygens (including phenoxy) is 1. The number of sulfonamides is 1. The summed E-state index contributed by atoms with van der Waals surface area (Å²) < 4.78 is 35.6. The summed E-state index contributed by atoms with van der Waals surface area (Å²) in [6.07, 6.45) is 0. The molecule has 1 aliphatic rings. The zero-order valence-corrected chi connectivity index (χ0v) is 19.1. The largest absolute Gasteiger partial charge is 0.492 e. The van der Waals surface area contributed by atoms with Gasteiger partial charge in [-0.2, -0.15) is 9.40 Å². The van der Waals surface area contributed by atoms with Gasteiger partial charge in [0.1, 0.15) is 17.3 Å². The summed E-state index contributed by atoms with van der Waals surface area (Å²) >= 11 is 0. The molecule has 0 spiro atoms. The monoisotopic (exact) mass is 454 g/mol. The summed E-state index contributed by atoms with van der Waals surface area (Å²) in [5, 5.41) is 7.15. The standard InChI is InChI=1S/C23H26N4O4S/c1-16-22(17(2)26(3)25-16)32(29,30)27-11-12-31-21-10-9-19(13-20(21)15-27)23(28)24-14-18-7-5-4-6-8-18/h4-10,13H,11-12,14-15H2,1-3H3,(H,24,28). The Morgan fingerprint density at radius 2 is 1.91 bits per heavy atom. The molecule has 0 saturated carbocycles. The lowest BCUT2D eigenvalue weighted by Gasteiger charge is -2.20. The first-order chi connectivity index (χ1) is 15.3. The van der Waals surface area contributed by atoms with E-state index in [-0.39, 0.29) is 30.5 Å². The van der Waals surface area contributed by atoms with Crippen LogP contribution in [0.5, 0.6) is 5.75 Å². The molecule has 3 aromatic rings. The van der Waals surface area contributed by atoms with E-state index in [9.17, 15) is 13.2 Å². The highest BCUT2D eigenvalue weighted by Gasteiger charge is 2.32. The van der Waals surface area contributed by atoms with Crippen LogP contribution in [0.15, 0.2) is 53.4 Å². The Balaban J connectivity index is 1.57. The van der Waals surface area contributed by atoms with E-state index < -0.39 is 10.0 Å². The topological polar surface area (TPSA) is 93.5 Å². The number of carbonyl (C=O) groups excluding carboxylic acids is 1. The fourth-order valence-electron chi connectivity index (χ4n) is 3.85. The highest BCUT2D eigenvalue weighted by molar-refractivity contribution is 7.89. The van der Waals surface area contributed by atoms with Crippen molar-refractivity contribution in [2.75, 3.05) is 13.2 Å². The maximum atomic E-state index is 13.4. The van der Waals surface area contributed by atoms with E-state index in [0.717, 1.165) is 5.56 Å². The van der Waals surface area contributed by atoms with Gasteiger partial charge in [-0.15, -0.1) is 0 Å². The SMILES string of the molecule is Cc1nn(C)c(C)c1S(=O)(=O)N1CCOc2ccc(C(=O)NCc3ccccc3)cc2C1. The van der Waals surface area contributed by atoms with Gasteiger partial charge in [-0.05, 0) is 37.6 Å². The maximum absolute atomic E-state index is 13.4. The van der Waals surface area contributed by atoms with Crippen molar-refractivity contribution in [1.82, 2.24) is 19.4 Å². The van der Waals surface area contributed by atoms with E-state index in [1.54, 1.807) is 43.8 Å². The molecule has 9 heteroatoms. The first kappa shape index (κ1) is 22.0. The van der Waals surface area contributed by atoms with Crippen LogP contribution in [0.4, 0.5) is 0 Å². The molecule has 2 heterocycles. The number of nitrogens with one attached hydrogen (secondary N) is 1. The molecule has 4 rings (SSSR count). The number of hydrogen-bond donors (Lipinski definition) is 1. The second kappa shape index (κ2) is 8.76. The molecule has 1 aromatic heterocycles. The van der Waals surface area contributed by atoms with Crippen molar-refractivity contribution in [3.8, 4) is 5.75 Å². The number of carbonyl (C=O) groups is 1. The van der Waals surface area contributed by atoms with Gasteiger partial charge in [-0.25, -0.2) is 8.42 Å². The Kier molecular flexibility index (Phi) is 6.03. The lowest BCUT2D eigenvalue weighted by molar-refractivity contribution is 0.0950. The highest BCUT2D eigenvalue weighted by atomic mass is 32.2. The van der Waals surface area contributed by atoms with Crippen LogP contribution in [0, 0.1) is 13.8 Å². The summed E-state index contributed by atoms with van der Waals surface area (Å²) in [5.74, 6) is 0.358. The summed E-state index contributed by atoms with van der Waals surface area (Å²) in [4.78, 5) is 12.9. The average Bonchev–Trinajstić information content (AvgIpc) is 2.93. The second-order valence-electron chi connectivity index (χ2n) is 7.80. The van der Waals surface area contributed by atoms with E-state index in [4.69, 9.17) is 4.74 Å². The first-order valence-corrected chi connectivity index (χ1v) is 11.8. The third-order valence-electron chi connectivity index (χ3n) is 5.60. The Labute approximate surface area is 187 Å². The van der Waals surface area contributed by atoms with Gasteiger partial charge >= 0.3 is 0 Å². The van der Waals surface area contributed by atoms with Gasteiger partial charge in [-0.1, -0.05) is 30.3 Å². The molecule has 0 bridgehead atoms. The van der Waals surface area contributed by atoms with Gasteiger partial charge in [0.15, 0.2) is 0 Å². The number of rotatable bonds is 5. The van der Waals surface area contributed by atoms with Gasteiger partial charge in [-0.3, -0.25) is 9.48 Å². The fourth-order valence-corrected chi connectivity index (χ4v) is 5.66. The number of hydrogen-bond acceptors (Lipinski definition) is 5. The molecule has 0 fully saturated rings. The maximum Gasteiger partial charge on any atom is 0.251 e. The molecule has 2 aromatic carbocycles. The summed E-state index contributed by atoms with van der Waals surface area (Å²) in [7, 11) is -2.05. The molecule has 8 nitrogen and oxygen atoms in total. The Hall–Kier alpha value is -3.17. The third-order valence-corrected chi connectivity index (χ3v) is 7.70. The summed E-state index contributed by atoms with van der Waals surface area (Å²) in [6, 6.07) is 14.8. The van der Waals surface area contributed by atoms with Crippen LogP contribution < -0.4 is 10.1 Å². The van der Waals surface area contributed by atoms with Crippen molar-refractivity contribution in [1.29, 1.82) is 0 Å². The Bertz CT molecular complexity index is 1250. The number of fused-ring (bicyclic) bond motifs is 1. The van der Waals surface area contributed by atoms with Crippen LogP contribution in [-0.2, 0) is 30.2 Å². The number of benzene rings is 2. The zero-order chi connectivity index (χ0) is 22.9. The molecular formula is C23H26N4O4S. The first-order valence-electron chi connectivity index (χ1n) is 10.4. The predicted molar refractivity (Wildman–Crippen MR) is 120 cm³/mol. The minimum Gasteiger partial charge on any atom is -0.492 e. The zero-order valence-electron chi connectivity index (χ0n) is 18.3. The van der Waals surface area contributed by atoms with Crippen molar-refractivity contribution < 1.29 is 17.9 Å². The van der Waals surface area contributed by atoms with Crippen molar-refractivity contribution in [3.05, 3.63) is 76.6 Å². The van der Waals surface area contributed by atoms with Crippen LogP contribution in [-0.4, -0.2) is 41.6 Å². The Morgan fingerprint density at radius 1 is 1.16 bits per heavy atom. The predicted octanol–water partition coefficient (Wildman–Crippen LogP) is 2.55. The molecule has 0 unspecified atom stereocenters. The quantitative estimate of drug-likeness (QED) is 0.640. The number of nitrogens with zero attached hydrogens (tertiary/aromatic N) is 3. The van der Waals surface area contributed by atoms with E-state index >= 15 is 0 Å². The average molecular weight is 455 g/mol. The van der Waals surface area contributed by atoms with Crippen LogP contribution in [0.25, 0.3) is 0 Å². The van der Waals surface area contributed by atoms with E-state index in [1.165, 1.54) is 4.31 Å². The van der Waals surface area contributed by atoms with Gasteiger partial charge in [0.05, 0.1) is 11.4 Å². The fraction of sp³-hybridized carbons (Fsp3) is 0.304. The van der Waals surface area contributed by atoms with Gasteiger partial charge in [0, 0.05) is 37.8 Å². The molecule has 0 atom stereocenters. The van der Waals surface area contributed by atoms with Crippen LogP contribution in [0.3, 0.4) is 0 Å². The minimum absolute atomic E-state index is 0.116. The summed E-state index contributed by atoms with van der Waals surface area (Å²) in [6.45, 7) is 4.39. The highest BCUT2D eigenvalue weighted by Crippen LogP contribution is 2.29. The Morgan fingerprint density at radius 3 is 2.59 bits per heavy atom. The number of aryl methyl sites for hydroxylation is 2. The van der Waals surface area contributed by atoms with Crippen molar-refractivity contribution in [3.63, 3.8) is 0 Å². The number of amides is 1. The second-order valence-corrected chi connectivity index (χ2v) is 9.68. The molecule has 1 N–H and O–H groups in total. The van der Waals surface area contributed by atoms with Crippen LogP contribution in [0.1, 0.15) is 32.9 Å². The van der Waals surface area contributed by atoms with Crippen molar-refractivity contribution in [2.45, 2.75) is 31.8 Å². The molecule has 0 saturated heterocycles. The van der Waals surface area contributed by atoms with E-state index in [0.29, 0.717) is 34.8 Å². The molecule has 0 aliphatic carbocycles. The third kappa shape index (κ3) is 4.26. The minimum atomic E-state index is -3.78. The van der Waals surface area contributed by atoms with E-state index in [1.807, 2.05) is 30.3 Å². The normalized spacial score (nSPS) is 14.3. The van der Waals surface area contributed by atoms with Gasteiger partial charge in [0.25, 0.3) is 5.91 Å². The molecule has 0 radical (unpaired) electrons. The van der Waals surface area contributed by atoms with Crippen molar-refractivity contribution >= 4 is 15.9 Å². The van der Waals surface area contributed by atoms with Crippen LogP contribution >= 0.6 is 0 Å². The van der Waals surface area contributed by atoms with Gasteiger partial charge < -0.3 is 10.1 Å². The molecule has 168 valence electrons. The molecule has 32 heavy (non-hydrogen) atoms. The lowest BCUT2D eigenvalue weighted by atomic mass is 10.1. The van der Waals surface area contributed by atoms with Crippen molar-refractivity contribution in [2.24, 2.45) is 7.05 Å². The van der Waals surface area contributed by atoms with Gasteiger partial charge in [0.2, 0.25) is 10.0 Å². The number of aromatic nitrogens is 2. The molecular weight excluding hydrogens is 428 g/mol. The lowest BCUT2D eigenvalue weighted by Crippen LogP contribution is -2.33. The molecule has 1 aliphatic heterocycles. The van der Waals surface area contributed by atoms with E-state index in [2.05, 4.69) is 10.4 Å².